The van der Waals surface area contributed by atoms with E-state index in [0.29, 0.717) is 33.1 Å². The molecule has 0 saturated heterocycles. The summed E-state index contributed by atoms with van der Waals surface area (Å²) in [5, 5.41) is 3.70. The van der Waals surface area contributed by atoms with E-state index in [1.807, 2.05) is 13.0 Å². The number of amides is 2. The fourth-order valence-electron chi connectivity index (χ4n) is 3.66. The molecule has 8 heteroatoms. The molecule has 0 fully saturated rings. The van der Waals surface area contributed by atoms with Crippen LogP contribution in [0, 0.1) is 12.7 Å². The highest BCUT2D eigenvalue weighted by Gasteiger charge is 2.25. The number of nitrogens with one attached hydrogen (secondary N) is 1. The molecule has 0 bridgehead atoms. The van der Waals surface area contributed by atoms with E-state index in [4.69, 9.17) is 16.6 Å². The third-order valence-electron chi connectivity index (χ3n) is 5.55. The van der Waals surface area contributed by atoms with Crippen LogP contribution in [0.3, 0.4) is 0 Å². The third-order valence-corrected chi connectivity index (χ3v) is 5.79. The number of urea groups is 1. The van der Waals surface area contributed by atoms with Gasteiger partial charge in [-0.3, -0.25) is 9.36 Å². The summed E-state index contributed by atoms with van der Waals surface area (Å²) in [6, 6.07) is 16.9. The molecule has 3 aromatic carbocycles. The molecule has 0 aliphatic rings. The maximum absolute atomic E-state index is 13.5. The summed E-state index contributed by atoms with van der Waals surface area (Å²) in [6.45, 7) is 3.64. The van der Waals surface area contributed by atoms with Crippen molar-refractivity contribution in [3.63, 3.8) is 0 Å². The molecule has 1 heterocycles. The van der Waals surface area contributed by atoms with Crippen LogP contribution in [0.2, 0.25) is 5.02 Å². The second-order valence-electron chi connectivity index (χ2n) is 7.79. The minimum atomic E-state index is -0.592. The summed E-state index contributed by atoms with van der Waals surface area (Å²) >= 11 is 6.13. The lowest BCUT2D eigenvalue weighted by atomic mass is 10.1. The van der Waals surface area contributed by atoms with Crippen LogP contribution < -0.4 is 10.9 Å². The van der Waals surface area contributed by atoms with Crippen LogP contribution in [0.1, 0.15) is 24.4 Å². The lowest BCUT2D eigenvalue weighted by molar-refractivity contribution is 0.205. The Morgan fingerprint density at radius 1 is 1.12 bits per heavy atom. The first-order valence-corrected chi connectivity index (χ1v) is 10.7. The lowest BCUT2D eigenvalue weighted by Crippen LogP contribution is -2.37. The highest BCUT2D eigenvalue weighted by Crippen LogP contribution is 2.25. The van der Waals surface area contributed by atoms with Gasteiger partial charge in [0.05, 0.1) is 22.6 Å². The molecular weight excluding hydrogens is 443 g/mol. The molecule has 0 saturated carbocycles. The standard InChI is InChI=1S/C25H22ClFN4O2/c1-15-13-17(26)11-12-22(15)31-23(29-21-10-5-4-9-20(21)24(31)32)16(2)30(3)25(33)28-19-8-6-7-18(27)14-19/h4-14,16H,1-3H3,(H,28,33). The number of carbonyl (C=O) groups is 1. The number of rotatable bonds is 4. The molecule has 1 N–H and O–H groups in total. The van der Waals surface area contributed by atoms with Crippen LogP contribution in [-0.2, 0) is 0 Å². The van der Waals surface area contributed by atoms with E-state index in [1.54, 1.807) is 56.4 Å². The van der Waals surface area contributed by atoms with E-state index in [2.05, 4.69) is 5.32 Å². The monoisotopic (exact) mass is 464 g/mol. The van der Waals surface area contributed by atoms with Gasteiger partial charge in [-0.1, -0.05) is 29.8 Å². The van der Waals surface area contributed by atoms with Crippen molar-refractivity contribution in [1.82, 2.24) is 14.5 Å². The normalized spacial score (nSPS) is 11.9. The number of nitrogens with zero attached hydrogens (tertiary/aromatic N) is 3. The van der Waals surface area contributed by atoms with E-state index in [-0.39, 0.29) is 5.56 Å². The average molecular weight is 465 g/mol. The smallest absolute Gasteiger partial charge is 0.318 e. The van der Waals surface area contributed by atoms with Gasteiger partial charge >= 0.3 is 6.03 Å². The number of para-hydroxylation sites is 1. The Balaban J connectivity index is 1.81. The summed E-state index contributed by atoms with van der Waals surface area (Å²) < 4.78 is 15.0. The zero-order chi connectivity index (χ0) is 23.7. The Morgan fingerprint density at radius 3 is 2.61 bits per heavy atom. The molecule has 168 valence electrons. The van der Waals surface area contributed by atoms with Gasteiger partial charge in [0.25, 0.3) is 5.56 Å². The first kappa shape index (κ1) is 22.5. The number of carbonyl (C=O) groups excluding carboxylic acids is 1. The van der Waals surface area contributed by atoms with Gasteiger partial charge in [0.2, 0.25) is 0 Å². The van der Waals surface area contributed by atoms with Crippen LogP contribution in [0.5, 0.6) is 0 Å². The maximum atomic E-state index is 13.5. The van der Waals surface area contributed by atoms with Gasteiger partial charge in [-0.15, -0.1) is 0 Å². The summed E-state index contributed by atoms with van der Waals surface area (Å²) in [5.41, 5.74) is 2.04. The summed E-state index contributed by atoms with van der Waals surface area (Å²) in [7, 11) is 1.60. The molecule has 1 atom stereocenters. The van der Waals surface area contributed by atoms with Crippen molar-refractivity contribution in [1.29, 1.82) is 0 Å². The second-order valence-corrected chi connectivity index (χ2v) is 8.22. The van der Waals surface area contributed by atoms with E-state index in [0.717, 1.165) is 5.56 Å². The fourth-order valence-corrected chi connectivity index (χ4v) is 3.89. The van der Waals surface area contributed by atoms with E-state index < -0.39 is 17.9 Å². The molecule has 0 spiro atoms. The summed E-state index contributed by atoms with van der Waals surface area (Å²) in [4.78, 5) is 32.6. The van der Waals surface area contributed by atoms with E-state index in [1.165, 1.54) is 27.7 Å². The molecule has 0 radical (unpaired) electrons. The third kappa shape index (κ3) is 4.45. The molecule has 6 nitrogen and oxygen atoms in total. The topological polar surface area (TPSA) is 67.2 Å². The highest BCUT2D eigenvalue weighted by molar-refractivity contribution is 6.30. The first-order chi connectivity index (χ1) is 15.8. The maximum Gasteiger partial charge on any atom is 0.322 e. The number of aryl methyl sites for hydroxylation is 1. The molecule has 1 aromatic heterocycles. The zero-order valence-electron chi connectivity index (χ0n) is 18.3. The van der Waals surface area contributed by atoms with Gasteiger partial charge < -0.3 is 10.2 Å². The number of hydrogen-bond acceptors (Lipinski definition) is 3. The molecule has 4 rings (SSSR count). The Hall–Kier alpha value is -3.71. The molecule has 33 heavy (non-hydrogen) atoms. The van der Waals surface area contributed by atoms with Crippen LogP contribution in [0.15, 0.2) is 71.5 Å². The zero-order valence-corrected chi connectivity index (χ0v) is 19.1. The molecule has 4 aromatic rings. The van der Waals surface area contributed by atoms with Gasteiger partial charge in [-0.2, -0.15) is 0 Å². The van der Waals surface area contributed by atoms with Crippen LogP contribution >= 0.6 is 11.6 Å². The Kier molecular flexibility index (Phi) is 6.16. The van der Waals surface area contributed by atoms with Gasteiger partial charge in [0, 0.05) is 17.8 Å². The van der Waals surface area contributed by atoms with Crippen molar-refractivity contribution >= 4 is 34.2 Å². The number of fused-ring (bicyclic) bond motifs is 1. The predicted octanol–water partition coefficient (Wildman–Crippen LogP) is 5.71. The van der Waals surface area contributed by atoms with Crippen molar-refractivity contribution < 1.29 is 9.18 Å². The SMILES string of the molecule is Cc1cc(Cl)ccc1-n1c(C(C)N(C)C(=O)Nc2cccc(F)c2)nc2ccccc2c1=O. The fraction of sp³-hybridized carbons (Fsp3) is 0.160. The van der Waals surface area contributed by atoms with Crippen molar-refractivity contribution in [3.05, 3.63) is 99.3 Å². The number of aromatic nitrogens is 2. The van der Waals surface area contributed by atoms with Crippen molar-refractivity contribution in [2.45, 2.75) is 19.9 Å². The molecular formula is C25H22ClFN4O2. The van der Waals surface area contributed by atoms with Crippen LogP contribution in [0.4, 0.5) is 14.9 Å². The number of hydrogen-bond donors (Lipinski definition) is 1. The molecule has 2 amide bonds. The molecule has 0 aliphatic carbocycles. The van der Waals surface area contributed by atoms with E-state index >= 15 is 0 Å². The van der Waals surface area contributed by atoms with Crippen LogP contribution in [-0.4, -0.2) is 27.5 Å². The molecule has 0 aliphatic heterocycles. The van der Waals surface area contributed by atoms with Crippen molar-refractivity contribution in [2.75, 3.05) is 12.4 Å². The first-order valence-electron chi connectivity index (χ1n) is 10.3. The lowest BCUT2D eigenvalue weighted by Gasteiger charge is -2.27. The van der Waals surface area contributed by atoms with Gasteiger partial charge in [-0.05, 0) is 67.9 Å². The van der Waals surface area contributed by atoms with Gasteiger partial charge in [-0.25, -0.2) is 14.2 Å². The Morgan fingerprint density at radius 2 is 1.88 bits per heavy atom. The number of anilines is 1. The van der Waals surface area contributed by atoms with Crippen LogP contribution in [0.25, 0.3) is 16.6 Å². The number of halogens is 2. The second kappa shape index (κ2) is 9.03. The van der Waals surface area contributed by atoms with Gasteiger partial charge in [0.15, 0.2) is 0 Å². The minimum Gasteiger partial charge on any atom is -0.318 e. The Labute approximate surface area is 195 Å². The quantitative estimate of drug-likeness (QED) is 0.420. The summed E-state index contributed by atoms with van der Waals surface area (Å²) in [6.07, 6.45) is 0. The summed E-state index contributed by atoms with van der Waals surface area (Å²) in [5.74, 6) is -0.0623. The van der Waals surface area contributed by atoms with Gasteiger partial charge in [0.1, 0.15) is 11.6 Å². The molecule has 1 unspecified atom stereocenters. The predicted molar refractivity (Wildman–Crippen MR) is 129 cm³/mol. The average Bonchev–Trinajstić information content (AvgIpc) is 2.79. The van der Waals surface area contributed by atoms with Crippen molar-refractivity contribution in [2.24, 2.45) is 0 Å². The van der Waals surface area contributed by atoms with Crippen molar-refractivity contribution in [3.8, 4) is 5.69 Å². The highest BCUT2D eigenvalue weighted by atomic mass is 35.5. The largest absolute Gasteiger partial charge is 0.322 e. The number of benzene rings is 3. The minimum absolute atomic E-state index is 0.244. The van der Waals surface area contributed by atoms with E-state index in [9.17, 15) is 14.0 Å². The Bertz CT molecular complexity index is 1420.